The summed E-state index contributed by atoms with van der Waals surface area (Å²) >= 11 is 1.26. The van der Waals surface area contributed by atoms with Crippen molar-refractivity contribution in [1.82, 2.24) is 24.8 Å². The second-order valence-corrected chi connectivity index (χ2v) is 8.46. The zero-order valence-corrected chi connectivity index (χ0v) is 21.2. The first kappa shape index (κ1) is 24.9. The van der Waals surface area contributed by atoms with Crippen molar-refractivity contribution in [1.29, 1.82) is 0 Å². The van der Waals surface area contributed by atoms with Gasteiger partial charge in [-0.3, -0.25) is 9.36 Å². The summed E-state index contributed by atoms with van der Waals surface area (Å²) in [7, 11) is 6.57. The molecule has 0 aliphatic heterocycles. The molecule has 0 spiro atoms. The Morgan fingerprint density at radius 1 is 1.03 bits per heavy atom. The lowest BCUT2D eigenvalue weighted by Gasteiger charge is -2.15. The molecule has 0 atom stereocenters. The Kier molecular flexibility index (Phi) is 7.91. The van der Waals surface area contributed by atoms with Gasteiger partial charge < -0.3 is 18.8 Å². The van der Waals surface area contributed by atoms with Gasteiger partial charge in [-0.05, 0) is 36.4 Å². The van der Waals surface area contributed by atoms with E-state index in [1.54, 1.807) is 27.5 Å². The number of hydrogen-bond donors (Lipinski definition) is 1. The van der Waals surface area contributed by atoms with E-state index >= 15 is 0 Å². The van der Waals surface area contributed by atoms with Crippen molar-refractivity contribution in [2.75, 3.05) is 27.1 Å². The fourth-order valence-corrected chi connectivity index (χ4v) is 4.26. The number of aryl methyl sites for hydroxylation is 1. The van der Waals surface area contributed by atoms with Gasteiger partial charge in [0.2, 0.25) is 5.75 Å². The fraction of sp³-hybridized carbons (Fsp3) is 0.200. The van der Waals surface area contributed by atoms with Crippen LogP contribution in [-0.2, 0) is 11.8 Å². The van der Waals surface area contributed by atoms with Crippen LogP contribution in [0.2, 0.25) is 0 Å². The van der Waals surface area contributed by atoms with Crippen LogP contribution in [0.4, 0.5) is 0 Å². The number of hydrogen-bond acceptors (Lipinski definition) is 8. The van der Waals surface area contributed by atoms with E-state index in [0.717, 1.165) is 11.4 Å². The molecule has 2 aromatic heterocycles. The maximum atomic E-state index is 12.4. The first-order valence-electron chi connectivity index (χ1n) is 10.9. The van der Waals surface area contributed by atoms with Gasteiger partial charge in [0.25, 0.3) is 5.91 Å². The number of nitrogens with zero attached hydrogens (tertiary/aromatic N) is 5. The van der Waals surface area contributed by atoms with Crippen molar-refractivity contribution >= 4 is 23.9 Å². The fourth-order valence-electron chi connectivity index (χ4n) is 3.51. The van der Waals surface area contributed by atoms with Crippen molar-refractivity contribution in [2.45, 2.75) is 5.16 Å². The quantitative estimate of drug-likeness (QED) is 0.199. The van der Waals surface area contributed by atoms with Crippen molar-refractivity contribution in [2.24, 2.45) is 12.1 Å². The molecule has 4 rings (SSSR count). The zero-order chi connectivity index (χ0) is 25.5. The van der Waals surface area contributed by atoms with Crippen LogP contribution in [0.25, 0.3) is 17.1 Å². The number of carbonyl (C=O) groups excluding carboxylic acids is 1. The summed E-state index contributed by atoms with van der Waals surface area (Å²) in [5.41, 5.74) is 4.98. The van der Waals surface area contributed by atoms with E-state index in [0.29, 0.717) is 33.8 Å². The molecule has 11 heteroatoms. The summed E-state index contributed by atoms with van der Waals surface area (Å²) in [6.45, 7) is 0. The number of hydrazone groups is 1. The average molecular weight is 507 g/mol. The van der Waals surface area contributed by atoms with Crippen molar-refractivity contribution in [3.8, 4) is 34.3 Å². The van der Waals surface area contributed by atoms with Crippen LogP contribution in [0.5, 0.6) is 17.2 Å². The molecular formula is C25H26N6O4S. The van der Waals surface area contributed by atoms with E-state index in [1.807, 2.05) is 77.0 Å². The molecule has 0 saturated heterocycles. The van der Waals surface area contributed by atoms with Gasteiger partial charge in [-0.1, -0.05) is 30.0 Å². The third kappa shape index (κ3) is 5.36. The number of amides is 1. The third-order valence-corrected chi connectivity index (χ3v) is 6.20. The average Bonchev–Trinajstić information content (AvgIpc) is 3.53. The minimum absolute atomic E-state index is 0.102. The summed E-state index contributed by atoms with van der Waals surface area (Å²) < 4.78 is 20.2. The van der Waals surface area contributed by atoms with E-state index in [2.05, 4.69) is 20.7 Å². The van der Waals surface area contributed by atoms with Gasteiger partial charge in [0, 0.05) is 24.5 Å². The number of aromatic nitrogens is 4. The second kappa shape index (κ2) is 11.5. The number of rotatable bonds is 10. The lowest BCUT2D eigenvalue weighted by atomic mass is 10.1. The van der Waals surface area contributed by atoms with Crippen LogP contribution in [0.15, 0.2) is 71.1 Å². The number of nitrogens with one attached hydrogen (secondary N) is 1. The molecule has 0 fully saturated rings. The molecule has 1 amide bonds. The molecule has 10 nitrogen and oxygen atoms in total. The van der Waals surface area contributed by atoms with Crippen LogP contribution in [-0.4, -0.2) is 58.5 Å². The Morgan fingerprint density at radius 3 is 2.36 bits per heavy atom. The summed E-state index contributed by atoms with van der Waals surface area (Å²) in [6, 6.07) is 17.1. The van der Waals surface area contributed by atoms with Crippen molar-refractivity contribution in [3.05, 3.63) is 66.5 Å². The number of para-hydroxylation sites is 1. The topological polar surface area (TPSA) is 105 Å². The highest BCUT2D eigenvalue weighted by atomic mass is 32.2. The van der Waals surface area contributed by atoms with Gasteiger partial charge in [0.05, 0.1) is 39.0 Å². The molecule has 0 bridgehead atoms. The number of benzene rings is 2. The van der Waals surface area contributed by atoms with E-state index in [-0.39, 0.29) is 11.7 Å². The molecule has 0 aliphatic rings. The lowest BCUT2D eigenvalue weighted by Crippen LogP contribution is -2.20. The summed E-state index contributed by atoms with van der Waals surface area (Å²) in [6.07, 6.45) is 3.50. The second-order valence-electron chi connectivity index (χ2n) is 7.52. The van der Waals surface area contributed by atoms with Crippen LogP contribution in [0, 0.1) is 0 Å². The number of ether oxygens (including phenoxy) is 3. The molecule has 0 radical (unpaired) electrons. The van der Waals surface area contributed by atoms with Crippen LogP contribution < -0.4 is 19.6 Å². The van der Waals surface area contributed by atoms with Gasteiger partial charge in [0.1, 0.15) is 0 Å². The maximum Gasteiger partial charge on any atom is 0.250 e. The summed E-state index contributed by atoms with van der Waals surface area (Å²) in [5, 5.41) is 13.4. The molecule has 36 heavy (non-hydrogen) atoms. The van der Waals surface area contributed by atoms with E-state index in [9.17, 15) is 4.79 Å². The Hall–Kier alpha value is -4.25. The van der Waals surface area contributed by atoms with Crippen molar-refractivity contribution in [3.63, 3.8) is 0 Å². The van der Waals surface area contributed by atoms with E-state index < -0.39 is 0 Å². The minimum Gasteiger partial charge on any atom is -0.493 e. The molecular weight excluding hydrogens is 480 g/mol. The number of carbonyl (C=O) groups is 1. The van der Waals surface area contributed by atoms with E-state index in [1.165, 1.54) is 11.8 Å². The predicted octanol–water partition coefficient (Wildman–Crippen LogP) is 3.54. The van der Waals surface area contributed by atoms with Gasteiger partial charge >= 0.3 is 0 Å². The molecule has 186 valence electrons. The standard InChI is InChI=1S/C25H26N6O4S/c1-30-12-8-11-19(30)15-26-27-22(32)16-36-25-29-28-24(31(25)18-9-6-5-7-10-18)17-13-20(33-2)23(35-4)21(14-17)34-3/h5-15H,16H2,1-4H3,(H,27,32)/b26-15-. The smallest absolute Gasteiger partial charge is 0.250 e. The first-order chi connectivity index (χ1) is 17.5. The van der Waals surface area contributed by atoms with Crippen molar-refractivity contribution < 1.29 is 19.0 Å². The summed E-state index contributed by atoms with van der Waals surface area (Å²) in [5.74, 6) is 1.88. The highest BCUT2D eigenvalue weighted by Gasteiger charge is 2.21. The van der Waals surface area contributed by atoms with Gasteiger partial charge in [-0.25, -0.2) is 5.43 Å². The molecule has 1 N–H and O–H groups in total. The van der Waals surface area contributed by atoms with Gasteiger partial charge in [-0.2, -0.15) is 5.10 Å². The molecule has 2 heterocycles. The van der Waals surface area contributed by atoms with Crippen LogP contribution >= 0.6 is 11.8 Å². The van der Waals surface area contributed by atoms with Gasteiger partial charge in [-0.15, -0.1) is 10.2 Å². The normalized spacial score (nSPS) is 11.0. The van der Waals surface area contributed by atoms with E-state index in [4.69, 9.17) is 14.2 Å². The minimum atomic E-state index is -0.262. The highest BCUT2D eigenvalue weighted by Crippen LogP contribution is 2.41. The van der Waals surface area contributed by atoms with Crippen LogP contribution in [0.1, 0.15) is 5.69 Å². The molecule has 0 aliphatic carbocycles. The lowest BCUT2D eigenvalue weighted by molar-refractivity contribution is -0.118. The Labute approximate surface area is 212 Å². The Bertz CT molecular complexity index is 1340. The Morgan fingerprint density at radius 2 is 1.75 bits per heavy atom. The molecule has 4 aromatic rings. The molecule has 0 unspecified atom stereocenters. The molecule has 2 aromatic carbocycles. The first-order valence-corrected chi connectivity index (χ1v) is 11.9. The monoisotopic (exact) mass is 506 g/mol. The predicted molar refractivity (Wildman–Crippen MR) is 138 cm³/mol. The van der Waals surface area contributed by atoms with Gasteiger partial charge in [0.15, 0.2) is 22.5 Å². The SMILES string of the molecule is COc1cc(-c2nnc(SCC(=O)N/N=C\c3cccn3C)n2-c2ccccc2)cc(OC)c1OC. The highest BCUT2D eigenvalue weighted by molar-refractivity contribution is 7.99. The number of thioether (sulfide) groups is 1. The third-order valence-electron chi connectivity index (χ3n) is 5.27. The largest absolute Gasteiger partial charge is 0.493 e. The van der Waals surface area contributed by atoms with Crippen LogP contribution in [0.3, 0.4) is 0 Å². The summed E-state index contributed by atoms with van der Waals surface area (Å²) in [4.78, 5) is 12.4. The Balaban J connectivity index is 1.61. The molecule has 0 saturated carbocycles. The number of methoxy groups -OCH3 is 3. The zero-order valence-electron chi connectivity index (χ0n) is 20.3. The maximum absolute atomic E-state index is 12.4.